The van der Waals surface area contributed by atoms with E-state index >= 15 is 0 Å². The number of nitrogens with zero attached hydrogens (tertiary/aromatic N) is 2. The van der Waals surface area contributed by atoms with E-state index in [2.05, 4.69) is 41.2 Å². The number of carbonyl (C=O) groups excluding carboxylic acids is 1. The minimum Gasteiger partial charge on any atom is -0.381 e. The molecule has 2 saturated carbocycles. The third-order valence-corrected chi connectivity index (χ3v) is 8.15. The van der Waals surface area contributed by atoms with Gasteiger partial charge in [0.1, 0.15) is 5.78 Å². The number of likely N-dealkylation sites (N-methyl/N-ethyl adjacent to an activating group) is 1. The number of piperidine rings is 1. The van der Waals surface area contributed by atoms with Gasteiger partial charge in [-0.3, -0.25) is 15.0 Å². The van der Waals surface area contributed by atoms with Crippen LogP contribution in [0.4, 0.5) is 0 Å². The van der Waals surface area contributed by atoms with Gasteiger partial charge in [-0.2, -0.15) is 0 Å². The Bertz CT molecular complexity index is 555. The van der Waals surface area contributed by atoms with Gasteiger partial charge in [0, 0.05) is 50.3 Å². The molecule has 0 aromatic rings. The second-order valence-corrected chi connectivity index (χ2v) is 9.32. The number of fused-ring (bicyclic) bond motifs is 2. The monoisotopic (exact) mass is 392 g/mol. The maximum absolute atomic E-state index is 13.7. The van der Waals surface area contributed by atoms with E-state index in [9.17, 15) is 4.79 Å². The number of ketones is 1. The van der Waals surface area contributed by atoms with Crippen molar-refractivity contribution >= 4 is 5.78 Å². The van der Waals surface area contributed by atoms with E-state index in [4.69, 9.17) is 4.74 Å². The summed E-state index contributed by atoms with van der Waals surface area (Å²) in [6.07, 6.45) is 6.00. The van der Waals surface area contributed by atoms with Gasteiger partial charge in [0.05, 0.1) is 18.2 Å². The first-order chi connectivity index (χ1) is 13.6. The Balaban J connectivity index is 1.51. The molecule has 0 amide bonds. The zero-order chi connectivity index (χ0) is 19.8. The van der Waals surface area contributed by atoms with Crippen LogP contribution in [0.2, 0.25) is 0 Å². The fraction of sp³-hybridized carbons (Fsp3) is 0.955. The van der Waals surface area contributed by atoms with Crippen LogP contribution >= 0.6 is 0 Å². The summed E-state index contributed by atoms with van der Waals surface area (Å²) in [5.41, 5.74) is 0. The lowest BCUT2D eigenvalue weighted by Crippen LogP contribution is -2.67. The van der Waals surface area contributed by atoms with Crippen LogP contribution in [0, 0.1) is 11.8 Å². The Labute approximate surface area is 170 Å². The number of rotatable bonds is 7. The summed E-state index contributed by atoms with van der Waals surface area (Å²) >= 11 is 0. The smallest absolute Gasteiger partial charge is 0.143 e. The van der Waals surface area contributed by atoms with Gasteiger partial charge < -0.3 is 15.0 Å². The molecule has 2 saturated heterocycles. The van der Waals surface area contributed by atoms with Crippen molar-refractivity contribution in [2.24, 2.45) is 11.8 Å². The average molecular weight is 393 g/mol. The van der Waals surface area contributed by atoms with Crippen LogP contribution in [0.15, 0.2) is 0 Å². The molecule has 2 aliphatic heterocycles. The van der Waals surface area contributed by atoms with E-state index in [1.165, 1.54) is 6.42 Å². The summed E-state index contributed by atoms with van der Waals surface area (Å²) in [6, 6.07) is 1.58. The standard InChI is InChI=1S/C22H40N4O2/c1-5-25(6-2)12-11-23-17-8-9-18-21-20(17)22(27)16-13-15(28-4)7-10-19(16)26(21)14(3)24-18/h14-21,23-24H,5-13H2,1-4H3. The molecule has 4 rings (SSSR count). The Kier molecular flexibility index (Phi) is 6.43. The van der Waals surface area contributed by atoms with E-state index in [0.29, 0.717) is 36.1 Å². The molecule has 0 aromatic heterocycles. The molecule has 4 fully saturated rings. The van der Waals surface area contributed by atoms with E-state index < -0.39 is 0 Å². The Hall–Kier alpha value is -0.530. The predicted octanol–water partition coefficient (Wildman–Crippen LogP) is 1.45. The fourth-order valence-electron chi connectivity index (χ4n) is 6.72. The molecule has 2 N–H and O–H groups in total. The van der Waals surface area contributed by atoms with Crippen LogP contribution in [0.3, 0.4) is 0 Å². The molecule has 0 spiro atoms. The predicted molar refractivity (Wildman–Crippen MR) is 111 cm³/mol. The van der Waals surface area contributed by atoms with Gasteiger partial charge in [-0.1, -0.05) is 13.8 Å². The summed E-state index contributed by atoms with van der Waals surface area (Å²) in [5, 5.41) is 7.63. The summed E-state index contributed by atoms with van der Waals surface area (Å²) in [4.78, 5) is 18.9. The molecule has 2 heterocycles. The van der Waals surface area contributed by atoms with E-state index in [1.807, 2.05) is 0 Å². The molecule has 28 heavy (non-hydrogen) atoms. The highest BCUT2D eigenvalue weighted by atomic mass is 16.5. The summed E-state index contributed by atoms with van der Waals surface area (Å²) < 4.78 is 5.67. The summed E-state index contributed by atoms with van der Waals surface area (Å²) in [5.74, 6) is 0.798. The van der Waals surface area contributed by atoms with Crippen molar-refractivity contribution in [1.82, 2.24) is 20.4 Å². The quantitative estimate of drug-likeness (QED) is 0.684. The van der Waals surface area contributed by atoms with Gasteiger partial charge in [0.15, 0.2) is 0 Å². The van der Waals surface area contributed by atoms with Crippen LogP contribution in [0.1, 0.15) is 52.9 Å². The second kappa shape index (κ2) is 8.68. The van der Waals surface area contributed by atoms with Gasteiger partial charge in [0.2, 0.25) is 0 Å². The molecule has 0 radical (unpaired) electrons. The number of carbonyl (C=O) groups is 1. The second-order valence-electron chi connectivity index (χ2n) is 9.32. The van der Waals surface area contributed by atoms with Crippen molar-refractivity contribution in [3.8, 4) is 0 Å². The van der Waals surface area contributed by atoms with E-state index in [1.54, 1.807) is 7.11 Å². The molecular weight excluding hydrogens is 352 g/mol. The lowest BCUT2D eigenvalue weighted by atomic mass is 9.64. The number of methoxy groups -OCH3 is 1. The van der Waals surface area contributed by atoms with Crippen LogP contribution in [-0.2, 0) is 9.53 Å². The number of ether oxygens (including phenoxy) is 1. The first-order valence-electron chi connectivity index (χ1n) is 11.6. The molecule has 0 aromatic carbocycles. The van der Waals surface area contributed by atoms with Crippen molar-refractivity contribution in [3.05, 3.63) is 0 Å². The van der Waals surface area contributed by atoms with Crippen molar-refractivity contribution in [2.45, 2.75) is 89.3 Å². The topological polar surface area (TPSA) is 56.8 Å². The van der Waals surface area contributed by atoms with Crippen molar-refractivity contribution in [1.29, 1.82) is 0 Å². The van der Waals surface area contributed by atoms with E-state index in [-0.39, 0.29) is 17.9 Å². The number of nitrogens with one attached hydrogen (secondary N) is 2. The maximum atomic E-state index is 13.7. The zero-order valence-electron chi connectivity index (χ0n) is 18.2. The van der Waals surface area contributed by atoms with Gasteiger partial charge in [-0.05, 0) is 52.1 Å². The first-order valence-corrected chi connectivity index (χ1v) is 11.6. The average Bonchev–Trinajstić information content (AvgIpc) is 3.05. The lowest BCUT2D eigenvalue weighted by Gasteiger charge is -2.54. The molecule has 6 heteroatoms. The van der Waals surface area contributed by atoms with Gasteiger partial charge in [-0.25, -0.2) is 0 Å². The molecular formula is C22H40N4O2. The van der Waals surface area contributed by atoms with Crippen LogP contribution in [0.5, 0.6) is 0 Å². The van der Waals surface area contributed by atoms with E-state index in [0.717, 1.165) is 51.9 Å². The fourth-order valence-corrected chi connectivity index (χ4v) is 6.72. The van der Waals surface area contributed by atoms with Crippen LogP contribution in [-0.4, -0.2) is 85.3 Å². The van der Waals surface area contributed by atoms with Gasteiger partial charge >= 0.3 is 0 Å². The van der Waals surface area contributed by atoms with Crippen molar-refractivity contribution < 1.29 is 9.53 Å². The van der Waals surface area contributed by atoms with Crippen LogP contribution < -0.4 is 10.6 Å². The molecule has 4 aliphatic rings. The number of hydrogen-bond acceptors (Lipinski definition) is 6. The largest absolute Gasteiger partial charge is 0.381 e. The Morgan fingerprint density at radius 2 is 2.00 bits per heavy atom. The molecule has 160 valence electrons. The maximum Gasteiger partial charge on any atom is 0.143 e. The van der Waals surface area contributed by atoms with Gasteiger partial charge in [-0.15, -0.1) is 0 Å². The highest BCUT2D eigenvalue weighted by molar-refractivity contribution is 5.87. The molecule has 2 aliphatic carbocycles. The highest BCUT2D eigenvalue weighted by Crippen LogP contribution is 2.47. The number of Topliss-reactive ketones (excluding diaryl/α,β-unsaturated/α-hetero) is 1. The molecule has 6 nitrogen and oxygen atoms in total. The third kappa shape index (κ3) is 3.56. The minimum absolute atomic E-state index is 0.129. The molecule has 0 bridgehead atoms. The summed E-state index contributed by atoms with van der Waals surface area (Å²) in [7, 11) is 1.80. The molecule has 8 unspecified atom stereocenters. The minimum atomic E-state index is 0.129. The normalized spacial score (nSPS) is 43.2. The van der Waals surface area contributed by atoms with Crippen LogP contribution in [0.25, 0.3) is 0 Å². The Morgan fingerprint density at radius 1 is 1.21 bits per heavy atom. The first kappa shape index (κ1) is 20.7. The number of hydrogen-bond donors (Lipinski definition) is 2. The third-order valence-electron chi connectivity index (χ3n) is 8.15. The van der Waals surface area contributed by atoms with Gasteiger partial charge in [0.25, 0.3) is 0 Å². The Morgan fingerprint density at radius 3 is 2.71 bits per heavy atom. The highest BCUT2D eigenvalue weighted by Gasteiger charge is 2.59. The SMILES string of the molecule is CCN(CC)CCNC1CCC2NC(C)N3C4CCC(OC)CC4C(=O)C1C23. The lowest BCUT2D eigenvalue weighted by molar-refractivity contribution is -0.148. The molecule has 8 atom stereocenters. The zero-order valence-corrected chi connectivity index (χ0v) is 18.2. The summed E-state index contributed by atoms with van der Waals surface area (Å²) in [6.45, 7) is 11.0. The van der Waals surface area contributed by atoms with Crippen molar-refractivity contribution in [3.63, 3.8) is 0 Å². The van der Waals surface area contributed by atoms with Crippen molar-refractivity contribution in [2.75, 3.05) is 33.3 Å².